The Morgan fingerprint density at radius 1 is 0.333 bits per heavy atom. The zero-order valence-corrected chi connectivity index (χ0v) is 21.1. The molecular formula is C37H24O2. The average Bonchev–Trinajstić information content (AvgIpc) is 3.01. The number of carbonyl (C=O) groups is 1. The van der Waals surface area contributed by atoms with Crippen LogP contribution < -0.4 is 0 Å². The first-order chi connectivity index (χ1) is 19.1. The van der Waals surface area contributed by atoms with Gasteiger partial charge in [0.05, 0.1) is 5.56 Å². The van der Waals surface area contributed by atoms with Crippen LogP contribution in [0.2, 0.25) is 0 Å². The van der Waals surface area contributed by atoms with Gasteiger partial charge < -0.3 is 5.11 Å². The van der Waals surface area contributed by atoms with Gasteiger partial charge >= 0.3 is 5.97 Å². The molecule has 0 amide bonds. The maximum Gasteiger partial charge on any atom is 0.336 e. The summed E-state index contributed by atoms with van der Waals surface area (Å²) in [5, 5.41) is 10.3. The fraction of sp³-hybridized carbons (Fsp3) is 0. The first-order valence-corrected chi connectivity index (χ1v) is 13.0. The van der Waals surface area contributed by atoms with Crippen molar-refractivity contribution < 1.29 is 9.90 Å². The molecule has 39 heavy (non-hydrogen) atoms. The standard InChI is InChI=1S/C37H24O2/c38-37(39)36-34-2-1-3-35(36)33-22-18-31(19-23-33)29-14-10-27(11-15-29)25-6-4-24(5-7-25)26-8-12-28(13-9-26)30-16-20-32(34)21-17-30/h1-23H,(H,38,39). The van der Waals surface area contributed by atoms with E-state index < -0.39 is 5.97 Å². The molecule has 0 spiro atoms. The largest absolute Gasteiger partial charge is 0.478 e. The fourth-order valence-electron chi connectivity index (χ4n) is 5.51. The molecule has 0 aromatic heterocycles. The van der Waals surface area contributed by atoms with Crippen LogP contribution in [-0.4, -0.2) is 11.1 Å². The zero-order chi connectivity index (χ0) is 26.3. The van der Waals surface area contributed by atoms with Crippen LogP contribution in [0.5, 0.6) is 0 Å². The predicted molar refractivity (Wildman–Crippen MR) is 160 cm³/mol. The van der Waals surface area contributed by atoms with Crippen LogP contribution in [0.25, 0.3) is 66.8 Å². The number of hydrogen-bond acceptors (Lipinski definition) is 1. The lowest BCUT2D eigenvalue weighted by Crippen LogP contribution is -2.03. The lowest BCUT2D eigenvalue weighted by molar-refractivity contribution is 0.0698. The molecule has 1 N–H and O–H groups in total. The molecule has 0 radical (unpaired) electrons. The van der Waals surface area contributed by atoms with E-state index >= 15 is 0 Å². The van der Waals surface area contributed by atoms with Crippen molar-refractivity contribution in [2.45, 2.75) is 0 Å². The molecule has 0 heterocycles. The van der Waals surface area contributed by atoms with Gasteiger partial charge in [-0.05, 0) is 66.8 Å². The third kappa shape index (κ3) is 4.13. The van der Waals surface area contributed by atoms with E-state index in [0.29, 0.717) is 16.7 Å². The van der Waals surface area contributed by atoms with Crippen molar-refractivity contribution in [1.29, 1.82) is 0 Å². The van der Waals surface area contributed by atoms with Crippen molar-refractivity contribution in [2.24, 2.45) is 0 Å². The monoisotopic (exact) mass is 500 g/mol. The van der Waals surface area contributed by atoms with Crippen LogP contribution >= 0.6 is 0 Å². The molecule has 2 heteroatoms. The van der Waals surface area contributed by atoms with Crippen LogP contribution in [0.15, 0.2) is 140 Å². The van der Waals surface area contributed by atoms with E-state index in [9.17, 15) is 9.90 Å². The van der Waals surface area contributed by atoms with Gasteiger partial charge in [0.15, 0.2) is 0 Å². The molecule has 0 aliphatic heterocycles. The SMILES string of the molecule is O=C(O)c1c2cccc1-c1ccc(cc1)-c1ccc(cc1)-c1ccc(cc1)-c1ccc(cc1)-c1ccc-2cc1. The normalized spacial score (nSPS) is 11.3. The lowest BCUT2D eigenvalue weighted by Gasteiger charge is -2.13. The van der Waals surface area contributed by atoms with Gasteiger partial charge in [-0.3, -0.25) is 0 Å². The van der Waals surface area contributed by atoms with Crippen LogP contribution in [0.4, 0.5) is 0 Å². The maximum absolute atomic E-state index is 12.5. The van der Waals surface area contributed by atoms with E-state index in [1.165, 1.54) is 22.3 Å². The molecular weight excluding hydrogens is 476 g/mol. The van der Waals surface area contributed by atoms with Gasteiger partial charge in [-0.1, -0.05) is 140 Å². The highest BCUT2D eigenvalue weighted by Crippen LogP contribution is 2.35. The summed E-state index contributed by atoms with van der Waals surface area (Å²) in [6.07, 6.45) is 0. The molecule has 0 saturated heterocycles. The van der Waals surface area contributed by atoms with Crippen molar-refractivity contribution in [3.05, 3.63) is 145 Å². The Morgan fingerprint density at radius 2 is 0.538 bits per heavy atom. The number of benzene rings is 6. The van der Waals surface area contributed by atoms with E-state index in [1.54, 1.807) is 0 Å². The summed E-state index contributed by atoms with van der Waals surface area (Å²) in [6, 6.07) is 47.9. The third-order valence-corrected chi connectivity index (χ3v) is 7.66. The smallest absolute Gasteiger partial charge is 0.336 e. The molecule has 8 aliphatic carbocycles. The first kappa shape index (κ1) is 22.9. The third-order valence-electron chi connectivity index (χ3n) is 7.66. The van der Waals surface area contributed by atoms with Gasteiger partial charge in [0.1, 0.15) is 0 Å². The second-order valence-electron chi connectivity index (χ2n) is 9.92. The molecule has 8 aliphatic rings. The van der Waals surface area contributed by atoms with Crippen LogP contribution in [0.1, 0.15) is 10.4 Å². The van der Waals surface area contributed by atoms with Crippen LogP contribution in [0, 0.1) is 0 Å². The van der Waals surface area contributed by atoms with Gasteiger partial charge in [0, 0.05) is 0 Å². The van der Waals surface area contributed by atoms with Crippen molar-refractivity contribution in [3.63, 3.8) is 0 Å². The molecule has 6 aromatic carbocycles. The minimum absolute atomic E-state index is 0.314. The second-order valence-corrected chi connectivity index (χ2v) is 9.92. The van der Waals surface area contributed by atoms with Crippen molar-refractivity contribution in [3.8, 4) is 66.8 Å². The highest BCUT2D eigenvalue weighted by molar-refractivity contribution is 6.03. The summed E-state index contributed by atoms with van der Waals surface area (Å²) in [4.78, 5) is 12.5. The molecule has 2 nitrogen and oxygen atoms in total. The van der Waals surface area contributed by atoms with Gasteiger partial charge in [-0.25, -0.2) is 4.79 Å². The summed E-state index contributed by atoms with van der Waals surface area (Å²) in [7, 11) is 0. The van der Waals surface area contributed by atoms with Gasteiger partial charge in [-0.2, -0.15) is 0 Å². The van der Waals surface area contributed by atoms with E-state index in [-0.39, 0.29) is 0 Å². The first-order valence-electron chi connectivity index (χ1n) is 13.0. The fourth-order valence-corrected chi connectivity index (χ4v) is 5.51. The number of carboxylic acid groups (broad SMARTS) is 1. The Balaban J connectivity index is 1.42. The number of fused-ring (bicyclic) bond motifs is 1. The molecule has 6 aromatic rings. The Labute approximate surface area is 227 Å². The number of carboxylic acids is 1. The number of rotatable bonds is 1. The zero-order valence-electron chi connectivity index (χ0n) is 21.1. The van der Waals surface area contributed by atoms with E-state index in [2.05, 4.69) is 97.1 Å². The Bertz CT molecular complexity index is 1680. The minimum atomic E-state index is -0.933. The molecule has 14 rings (SSSR count). The van der Waals surface area contributed by atoms with E-state index in [1.807, 2.05) is 42.5 Å². The minimum Gasteiger partial charge on any atom is -0.478 e. The summed E-state index contributed by atoms with van der Waals surface area (Å²) in [5.74, 6) is -0.933. The lowest BCUT2D eigenvalue weighted by atomic mass is 9.90. The van der Waals surface area contributed by atoms with Gasteiger partial charge in [0.25, 0.3) is 0 Å². The molecule has 0 atom stereocenters. The number of hydrogen-bond donors (Lipinski definition) is 1. The highest BCUT2D eigenvalue weighted by atomic mass is 16.4. The Kier molecular flexibility index (Phi) is 5.45. The van der Waals surface area contributed by atoms with Gasteiger partial charge in [-0.15, -0.1) is 0 Å². The molecule has 0 fully saturated rings. The molecule has 0 unspecified atom stereocenters. The van der Waals surface area contributed by atoms with Crippen molar-refractivity contribution >= 4 is 5.97 Å². The number of aromatic carboxylic acids is 1. The average molecular weight is 501 g/mol. The van der Waals surface area contributed by atoms with E-state index in [4.69, 9.17) is 0 Å². The molecule has 0 saturated carbocycles. The topological polar surface area (TPSA) is 37.3 Å². The molecule has 12 bridgehead atoms. The predicted octanol–water partition coefficient (Wildman–Crippen LogP) is 9.70. The molecule has 184 valence electrons. The highest BCUT2D eigenvalue weighted by Gasteiger charge is 2.18. The summed E-state index contributed by atoms with van der Waals surface area (Å²) >= 11 is 0. The summed E-state index contributed by atoms with van der Waals surface area (Å²) in [5.41, 5.74) is 12.6. The van der Waals surface area contributed by atoms with Crippen molar-refractivity contribution in [2.75, 3.05) is 0 Å². The van der Waals surface area contributed by atoms with Gasteiger partial charge in [0.2, 0.25) is 0 Å². The summed E-state index contributed by atoms with van der Waals surface area (Å²) in [6.45, 7) is 0. The second kappa shape index (κ2) is 9.27. The van der Waals surface area contributed by atoms with Crippen LogP contribution in [0.3, 0.4) is 0 Å². The van der Waals surface area contributed by atoms with Crippen LogP contribution in [-0.2, 0) is 0 Å². The Hall–Kier alpha value is -5.21. The Morgan fingerprint density at radius 3 is 0.744 bits per heavy atom. The van der Waals surface area contributed by atoms with E-state index in [0.717, 1.165) is 33.4 Å². The summed E-state index contributed by atoms with van der Waals surface area (Å²) < 4.78 is 0. The van der Waals surface area contributed by atoms with Crippen molar-refractivity contribution in [1.82, 2.24) is 0 Å². The maximum atomic E-state index is 12.5. The quantitative estimate of drug-likeness (QED) is 0.244.